The first-order valence-corrected chi connectivity index (χ1v) is 12.7. The molecule has 8 atom stereocenters. The third kappa shape index (κ3) is 5.41. The Morgan fingerprint density at radius 3 is 2.00 bits per heavy atom. The number of rotatable bonds is 9. The molecule has 2 aromatic rings. The van der Waals surface area contributed by atoms with Crippen LogP contribution in [0.3, 0.4) is 0 Å². The van der Waals surface area contributed by atoms with Crippen molar-refractivity contribution in [2.24, 2.45) is 11.8 Å². The van der Waals surface area contributed by atoms with Crippen molar-refractivity contribution in [3.8, 4) is 34.5 Å². The number of benzene rings is 2. The van der Waals surface area contributed by atoms with Crippen molar-refractivity contribution in [3.05, 3.63) is 34.9 Å². The fourth-order valence-corrected chi connectivity index (χ4v) is 5.63. The first kappa shape index (κ1) is 30.4. The zero-order chi connectivity index (χ0) is 30.2. The average molecular weight is 583 g/mol. The van der Waals surface area contributed by atoms with E-state index in [0.29, 0.717) is 11.1 Å². The summed E-state index contributed by atoms with van der Waals surface area (Å²) in [6, 6.07) is 4.52. The Morgan fingerprint density at radius 1 is 0.878 bits per heavy atom. The maximum atomic E-state index is 11.5. The summed E-state index contributed by atoms with van der Waals surface area (Å²) >= 11 is 0. The van der Waals surface area contributed by atoms with Crippen LogP contribution < -0.4 is 14.2 Å². The maximum Gasteiger partial charge on any atom is 0.335 e. The van der Waals surface area contributed by atoms with Gasteiger partial charge in [-0.15, -0.1) is 0 Å². The SMILES string of the molecule is COc1cc(C2c3c(cc(OC)c(O)c3O)CC(CO)C2COC2OC(C(=O)O)C(O)C(O)C2O)cc(OC)c1O. The molecule has 0 aromatic heterocycles. The lowest BCUT2D eigenvalue weighted by molar-refractivity contribution is -0.297. The highest BCUT2D eigenvalue weighted by molar-refractivity contribution is 5.73. The van der Waals surface area contributed by atoms with Gasteiger partial charge in [-0.2, -0.15) is 0 Å². The second-order valence-electron chi connectivity index (χ2n) is 9.98. The van der Waals surface area contributed by atoms with Gasteiger partial charge >= 0.3 is 5.97 Å². The quantitative estimate of drug-likeness (QED) is 0.177. The third-order valence-electron chi connectivity index (χ3n) is 7.77. The van der Waals surface area contributed by atoms with Crippen LogP contribution in [0.15, 0.2) is 18.2 Å². The molecule has 0 spiro atoms. The van der Waals surface area contributed by atoms with E-state index in [1.165, 1.54) is 39.5 Å². The summed E-state index contributed by atoms with van der Waals surface area (Å²) in [5.74, 6) is -4.93. The highest BCUT2D eigenvalue weighted by Gasteiger charge is 2.49. The van der Waals surface area contributed by atoms with Gasteiger partial charge in [-0.05, 0) is 47.6 Å². The molecule has 226 valence electrons. The van der Waals surface area contributed by atoms with Crippen LogP contribution in [0.25, 0.3) is 0 Å². The molecule has 14 nitrogen and oxygen atoms in total. The lowest BCUT2D eigenvalue weighted by atomic mass is 9.66. The second kappa shape index (κ2) is 12.1. The summed E-state index contributed by atoms with van der Waals surface area (Å²) in [6.45, 7) is -0.683. The third-order valence-corrected chi connectivity index (χ3v) is 7.77. The molecule has 2 aromatic carbocycles. The fraction of sp³-hybridized carbons (Fsp3) is 0.519. The molecule has 14 heteroatoms. The van der Waals surface area contributed by atoms with Gasteiger partial charge in [0.1, 0.15) is 18.3 Å². The normalized spacial score (nSPS) is 29.4. The Bertz CT molecular complexity index is 1240. The van der Waals surface area contributed by atoms with E-state index in [-0.39, 0.29) is 48.2 Å². The zero-order valence-corrected chi connectivity index (χ0v) is 22.5. The van der Waals surface area contributed by atoms with E-state index < -0.39 is 65.9 Å². The van der Waals surface area contributed by atoms with Crippen LogP contribution >= 0.6 is 0 Å². The van der Waals surface area contributed by atoms with Gasteiger partial charge in [-0.1, -0.05) is 0 Å². The van der Waals surface area contributed by atoms with Crippen LogP contribution in [0.5, 0.6) is 34.5 Å². The van der Waals surface area contributed by atoms with E-state index in [9.17, 15) is 45.6 Å². The number of aliphatic hydroxyl groups is 4. The minimum Gasteiger partial charge on any atom is -0.504 e. The van der Waals surface area contributed by atoms with Gasteiger partial charge in [0.2, 0.25) is 11.5 Å². The van der Waals surface area contributed by atoms with Crippen molar-refractivity contribution < 1.29 is 69.3 Å². The van der Waals surface area contributed by atoms with Crippen molar-refractivity contribution in [1.82, 2.24) is 0 Å². The molecule has 1 fully saturated rings. The molecule has 1 aliphatic heterocycles. The number of phenols is 3. The highest BCUT2D eigenvalue weighted by atomic mass is 16.7. The van der Waals surface area contributed by atoms with Gasteiger partial charge < -0.3 is 64.5 Å². The number of methoxy groups -OCH3 is 3. The first-order valence-electron chi connectivity index (χ1n) is 12.7. The number of carboxylic acids is 1. The van der Waals surface area contributed by atoms with Gasteiger partial charge in [0, 0.05) is 18.1 Å². The number of ether oxygens (including phenoxy) is 5. The Hall–Kier alpha value is -3.53. The number of carboxylic acid groups (broad SMARTS) is 1. The summed E-state index contributed by atoms with van der Waals surface area (Å²) in [6.07, 6.45) is -8.95. The van der Waals surface area contributed by atoms with Crippen LogP contribution in [0.2, 0.25) is 0 Å². The lowest BCUT2D eigenvalue weighted by Crippen LogP contribution is -2.60. The molecule has 0 amide bonds. The summed E-state index contributed by atoms with van der Waals surface area (Å²) in [5.41, 5.74) is 1.23. The lowest BCUT2D eigenvalue weighted by Gasteiger charge is -2.42. The minimum atomic E-state index is -1.91. The standard InChI is InChI=1S/C27H34O14/c1-37-14-6-11(7-15(38-2)19(14)29)17-13(9-40-27-24(34)22(32)23(33)25(41-27)26(35)36)12(8-28)4-10-5-16(39-3)20(30)21(31)18(10)17/h5-7,12-13,17,22-25,27-34H,4,8-9H2,1-3H3,(H,35,36). The van der Waals surface area contributed by atoms with Gasteiger partial charge in [0.25, 0.3) is 0 Å². The predicted octanol–water partition coefficient (Wildman–Crippen LogP) is -0.349. The monoisotopic (exact) mass is 582 g/mol. The molecule has 0 saturated carbocycles. The summed E-state index contributed by atoms with van der Waals surface area (Å²) < 4.78 is 26.9. The smallest absolute Gasteiger partial charge is 0.335 e. The number of aliphatic hydroxyl groups excluding tert-OH is 4. The van der Waals surface area contributed by atoms with Gasteiger partial charge in [-0.25, -0.2) is 4.79 Å². The average Bonchev–Trinajstić information content (AvgIpc) is 2.96. The molecule has 1 heterocycles. The Morgan fingerprint density at radius 2 is 1.46 bits per heavy atom. The van der Waals surface area contributed by atoms with Gasteiger partial charge in [0.15, 0.2) is 35.4 Å². The number of hydrogen-bond donors (Lipinski definition) is 8. The molecule has 8 N–H and O–H groups in total. The van der Waals surface area contributed by atoms with Crippen molar-refractivity contribution in [1.29, 1.82) is 0 Å². The number of hydrogen-bond acceptors (Lipinski definition) is 13. The predicted molar refractivity (Wildman–Crippen MR) is 137 cm³/mol. The molecule has 0 bridgehead atoms. The topological polar surface area (TPSA) is 225 Å². The van der Waals surface area contributed by atoms with Crippen LogP contribution in [0.4, 0.5) is 0 Å². The number of carbonyl (C=O) groups is 1. The van der Waals surface area contributed by atoms with Crippen LogP contribution in [-0.4, -0.2) is 112 Å². The van der Waals surface area contributed by atoms with E-state index in [1.54, 1.807) is 0 Å². The van der Waals surface area contributed by atoms with Crippen LogP contribution in [0.1, 0.15) is 22.6 Å². The van der Waals surface area contributed by atoms with E-state index >= 15 is 0 Å². The molecule has 2 aliphatic rings. The summed E-state index contributed by atoms with van der Waals surface area (Å²) in [4.78, 5) is 11.5. The van der Waals surface area contributed by atoms with E-state index in [1.807, 2.05) is 0 Å². The molecular weight excluding hydrogens is 548 g/mol. The molecule has 4 rings (SSSR count). The van der Waals surface area contributed by atoms with Crippen molar-refractivity contribution in [2.45, 2.75) is 43.0 Å². The van der Waals surface area contributed by atoms with Gasteiger partial charge in [0.05, 0.1) is 27.9 Å². The molecule has 41 heavy (non-hydrogen) atoms. The molecule has 0 radical (unpaired) electrons. The largest absolute Gasteiger partial charge is 0.504 e. The van der Waals surface area contributed by atoms with Crippen LogP contribution in [0, 0.1) is 11.8 Å². The van der Waals surface area contributed by atoms with Crippen molar-refractivity contribution >= 4 is 5.97 Å². The molecule has 1 saturated heterocycles. The Labute approximate surface area is 234 Å². The Kier molecular flexibility index (Phi) is 9.01. The van der Waals surface area contributed by atoms with Crippen LogP contribution in [-0.2, 0) is 20.7 Å². The van der Waals surface area contributed by atoms with E-state index in [2.05, 4.69) is 0 Å². The van der Waals surface area contributed by atoms with Crippen molar-refractivity contribution in [3.63, 3.8) is 0 Å². The number of fused-ring (bicyclic) bond motifs is 1. The number of aromatic hydroxyl groups is 3. The molecule has 1 aliphatic carbocycles. The summed E-state index contributed by atoms with van der Waals surface area (Å²) in [7, 11) is 3.99. The number of aliphatic carboxylic acids is 1. The Balaban J connectivity index is 1.82. The summed E-state index contributed by atoms with van der Waals surface area (Å²) in [5, 5.41) is 82.8. The first-order chi connectivity index (χ1) is 19.5. The van der Waals surface area contributed by atoms with Crippen molar-refractivity contribution in [2.75, 3.05) is 34.5 Å². The minimum absolute atomic E-state index is 0.0123. The molecular formula is C27H34O14. The molecule has 8 unspecified atom stereocenters. The number of phenolic OH excluding ortho intramolecular Hbond substituents is 3. The van der Waals surface area contributed by atoms with E-state index in [4.69, 9.17) is 23.7 Å². The highest BCUT2D eigenvalue weighted by Crippen LogP contribution is 2.54. The second-order valence-corrected chi connectivity index (χ2v) is 9.98. The van der Waals surface area contributed by atoms with E-state index in [0.717, 1.165) is 0 Å². The fourth-order valence-electron chi connectivity index (χ4n) is 5.63. The zero-order valence-electron chi connectivity index (χ0n) is 22.5. The maximum absolute atomic E-state index is 11.5. The van der Waals surface area contributed by atoms with Gasteiger partial charge in [-0.3, -0.25) is 0 Å².